The van der Waals surface area contributed by atoms with Crippen LogP contribution in [0.25, 0.3) is 16.5 Å². The molecular formula is C41H52N4O7. The van der Waals surface area contributed by atoms with Gasteiger partial charge in [-0.05, 0) is 93.0 Å². The zero-order chi connectivity index (χ0) is 37.0. The van der Waals surface area contributed by atoms with Crippen LogP contribution in [-0.4, -0.2) is 87.5 Å². The van der Waals surface area contributed by atoms with E-state index in [0.717, 1.165) is 53.4 Å². The number of hydrogen-bond acceptors (Lipinski definition) is 7. The molecule has 2 aliphatic carbocycles. The number of hydrogen-bond donors (Lipinski definition) is 1. The second kappa shape index (κ2) is 15.9. The van der Waals surface area contributed by atoms with Gasteiger partial charge in [0.15, 0.2) is 6.61 Å². The number of piperidine rings is 1. The molecule has 52 heavy (non-hydrogen) atoms. The largest absolute Gasteiger partial charge is 0.479 e. The lowest BCUT2D eigenvalue weighted by atomic mass is 9.67. The Morgan fingerprint density at radius 1 is 1.08 bits per heavy atom. The fourth-order valence-electron chi connectivity index (χ4n) is 7.83. The van der Waals surface area contributed by atoms with Crippen molar-refractivity contribution < 1.29 is 33.7 Å². The average Bonchev–Trinajstić information content (AvgIpc) is 3.91. The summed E-state index contributed by atoms with van der Waals surface area (Å²) in [7, 11) is 1.72. The van der Waals surface area contributed by atoms with Gasteiger partial charge in [0, 0.05) is 75.3 Å². The summed E-state index contributed by atoms with van der Waals surface area (Å²) in [4.78, 5) is 47.6. The maximum absolute atomic E-state index is 15.1. The molecule has 2 unspecified atom stereocenters. The summed E-state index contributed by atoms with van der Waals surface area (Å²) >= 11 is 0. The van der Waals surface area contributed by atoms with E-state index in [4.69, 9.17) is 19.3 Å². The summed E-state index contributed by atoms with van der Waals surface area (Å²) in [5, 5.41) is 10.1. The number of amides is 2. The van der Waals surface area contributed by atoms with Gasteiger partial charge in [-0.1, -0.05) is 43.4 Å². The topological polar surface area (TPSA) is 123 Å². The number of carbonyl (C=O) groups is 3. The van der Waals surface area contributed by atoms with Crippen molar-refractivity contribution in [2.45, 2.75) is 78.1 Å². The van der Waals surface area contributed by atoms with Gasteiger partial charge < -0.3 is 33.7 Å². The lowest BCUT2D eigenvalue weighted by Crippen LogP contribution is -2.53. The normalized spacial score (nSPS) is 21.9. The van der Waals surface area contributed by atoms with Crippen LogP contribution in [-0.2, 0) is 32.2 Å². The third-order valence-corrected chi connectivity index (χ3v) is 10.4. The van der Waals surface area contributed by atoms with Gasteiger partial charge in [0.1, 0.15) is 5.60 Å². The molecule has 0 radical (unpaired) electrons. The Balaban J connectivity index is 1.28. The Labute approximate surface area is 306 Å². The number of fused-ring (bicyclic) bond motifs is 1. The van der Waals surface area contributed by atoms with E-state index in [1.54, 1.807) is 24.3 Å². The van der Waals surface area contributed by atoms with Crippen molar-refractivity contribution in [3.8, 4) is 5.88 Å². The predicted molar refractivity (Wildman–Crippen MR) is 199 cm³/mol. The van der Waals surface area contributed by atoms with E-state index in [1.165, 1.54) is 0 Å². The zero-order valence-electron chi connectivity index (χ0n) is 31.0. The molecule has 4 atom stereocenters. The molecule has 11 heteroatoms. The van der Waals surface area contributed by atoms with Crippen molar-refractivity contribution in [3.63, 3.8) is 0 Å². The molecule has 1 saturated heterocycles. The molecule has 1 aromatic carbocycles. The molecule has 3 aromatic rings. The minimum absolute atomic E-state index is 0.0103. The molecule has 11 nitrogen and oxygen atoms in total. The number of benzene rings is 1. The van der Waals surface area contributed by atoms with Crippen molar-refractivity contribution >= 4 is 34.4 Å². The highest BCUT2D eigenvalue weighted by Crippen LogP contribution is 2.44. The summed E-state index contributed by atoms with van der Waals surface area (Å²) in [5.41, 5.74) is 3.64. The number of rotatable bonds is 13. The third-order valence-electron chi connectivity index (χ3n) is 10.4. The Kier molecular flexibility index (Phi) is 11.4. The van der Waals surface area contributed by atoms with E-state index in [-0.39, 0.29) is 41.7 Å². The van der Waals surface area contributed by atoms with Crippen LogP contribution >= 0.6 is 0 Å². The average molecular weight is 713 g/mol. The van der Waals surface area contributed by atoms with Crippen molar-refractivity contribution in [2.24, 2.45) is 23.7 Å². The number of aromatic nitrogens is 2. The smallest absolute Gasteiger partial charge is 0.410 e. The summed E-state index contributed by atoms with van der Waals surface area (Å²) in [6, 6.07) is 12.1. The first-order chi connectivity index (χ1) is 24.9. The van der Waals surface area contributed by atoms with Crippen molar-refractivity contribution in [1.29, 1.82) is 0 Å². The molecule has 3 aliphatic rings. The Morgan fingerprint density at radius 2 is 1.87 bits per heavy atom. The van der Waals surface area contributed by atoms with E-state index in [9.17, 15) is 9.59 Å². The van der Waals surface area contributed by atoms with Crippen LogP contribution in [0.3, 0.4) is 0 Å². The first-order valence-electron chi connectivity index (χ1n) is 18.5. The van der Waals surface area contributed by atoms with Crippen LogP contribution in [0.15, 0.2) is 67.0 Å². The number of carbonyl (C=O) groups excluding carboxylic acids is 2. The number of allylic oxidation sites excluding steroid dienone is 4. The highest BCUT2D eigenvalue weighted by molar-refractivity contribution is 5.86. The highest BCUT2D eigenvalue weighted by atomic mass is 16.6. The molecule has 1 saturated carbocycles. The molecule has 1 N–H and O–H groups in total. The van der Waals surface area contributed by atoms with Gasteiger partial charge in [-0.15, -0.1) is 0 Å². The molecule has 1 aliphatic heterocycles. The molecule has 6 rings (SSSR count). The van der Waals surface area contributed by atoms with Crippen molar-refractivity contribution in [3.05, 3.63) is 78.1 Å². The number of carboxylic acids is 1. The summed E-state index contributed by atoms with van der Waals surface area (Å²) in [6.45, 7) is 10.2. The minimum Gasteiger partial charge on any atom is -0.479 e. The van der Waals surface area contributed by atoms with Crippen molar-refractivity contribution in [2.75, 3.05) is 33.4 Å². The van der Waals surface area contributed by atoms with Crippen LogP contribution in [0.5, 0.6) is 5.88 Å². The van der Waals surface area contributed by atoms with E-state index < -0.39 is 24.1 Å². The molecule has 2 fully saturated rings. The Hall–Kier alpha value is -4.64. The van der Waals surface area contributed by atoms with Crippen molar-refractivity contribution in [1.82, 2.24) is 19.4 Å². The van der Waals surface area contributed by atoms with E-state index >= 15 is 4.79 Å². The second-order valence-electron chi connectivity index (χ2n) is 15.3. The zero-order valence-corrected chi connectivity index (χ0v) is 31.0. The number of aliphatic carboxylic acids is 1. The Morgan fingerprint density at radius 3 is 2.56 bits per heavy atom. The fourth-order valence-corrected chi connectivity index (χ4v) is 7.83. The molecule has 0 bridgehead atoms. The molecule has 0 spiro atoms. The number of likely N-dealkylation sites (tertiary alicyclic amines) is 1. The molecule has 278 valence electrons. The molecule has 2 amide bonds. The van der Waals surface area contributed by atoms with Gasteiger partial charge in [-0.2, -0.15) is 0 Å². The minimum atomic E-state index is -1.06. The first-order valence-corrected chi connectivity index (χ1v) is 18.5. The van der Waals surface area contributed by atoms with Crippen LogP contribution in [0.2, 0.25) is 0 Å². The third kappa shape index (κ3) is 8.69. The number of nitrogens with zero attached hydrogens (tertiary/aromatic N) is 4. The summed E-state index contributed by atoms with van der Waals surface area (Å²) in [6.07, 6.45) is 13.4. The lowest BCUT2D eigenvalue weighted by Gasteiger charge is -2.44. The first kappa shape index (κ1) is 37.1. The van der Waals surface area contributed by atoms with E-state index in [0.29, 0.717) is 32.7 Å². The summed E-state index contributed by atoms with van der Waals surface area (Å²) in [5.74, 6) is -1.04. The van der Waals surface area contributed by atoms with Gasteiger partial charge in [-0.25, -0.2) is 14.6 Å². The fraction of sp³-hybridized carbons (Fsp3) is 0.512. The van der Waals surface area contributed by atoms with Gasteiger partial charge in [-0.3, -0.25) is 4.79 Å². The van der Waals surface area contributed by atoms with E-state index in [1.807, 2.05) is 26.8 Å². The second-order valence-corrected chi connectivity index (χ2v) is 15.3. The van der Waals surface area contributed by atoms with Gasteiger partial charge >= 0.3 is 12.1 Å². The molecule has 2 aromatic heterocycles. The quantitative estimate of drug-likeness (QED) is 0.192. The number of para-hydroxylation sites is 1. The van der Waals surface area contributed by atoms with Crippen LogP contribution < -0.4 is 4.74 Å². The SMILES string of the molecule is COCCCn1cc(CN(C(=O)[C@H]2CN(C(=O)OC(C)(C)C)CC[C@@H]2C2C=CC=C(c3ccc(OCC(=O)O)nc3)C2C)C2CC2)c2ccccc21. The summed E-state index contributed by atoms with van der Waals surface area (Å²) < 4.78 is 18.7. The predicted octanol–water partition coefficient (Wildman–Crippen LogP) is 6.81. The Bertz CT molecular complexity index is 1800. The van der Waals surface area contributed by atoms with Crippen LogP contribution in [0.4, 0.5) is 4.79 Å². The van der Waals surface area contributed by atoms with Gasteiger partial charge in [0.2, 0.25) is 11.8 Å². The number of ether oxygens (including phenoxy) is 3. The number of aryl methyl sites for hydroxylation is 1. The van der Waals surface area contributed by atoms with Gasteiger partial charge in [0.25, 0.3) is 0 Å². The van der Waals surface area contributed by atoms with Crippen LogP contribution in [0, 0.1) is 23.7 Å². The number of pyridine rings is 1. The molecule has 3 heterocycles. The maximum atomic E-state index is 15.1. The monoisotopic (exact) mass is 712 g/mol. The van der Waals surface area contributed by atoms with Gasteiger partial charge in [0.05, 0.1) is 5.92 Å². The molecular weight excluding hydrogens is 660 g/mol. The maximum Gasteiger partial charge on any atom is 0.410 e. The standard InChI is InChI=1S/C41H52N4O7/c1-27-31(28-14-17-37(42-22-28)51-26-38(46)47)11-8-12-32(27)34-18-20-44(40(49)52-41(2,3)4)25-35(34)39(48)45(30-15-16-30)24-29-23-43(19-9-21-50-5)36-13-7-6-10-33(29)36/h6-8,10-14,17,22-23,27,30,32,34-35H,9,15-16,18-21,24-26H2,1-5H3,(H,46,47)/t27?,32?,34-,35+/m1/s1. The number of methoxy groups -OCH3 is 1. The number of carboxylic acid groups (broad SMARTS) is 1. The van der Waals surface area contributed by atoms with Crippen LogP contribution in [0.1, 0.15) is 64.5 Å². The lowest BCUT2D eigenvalue weighted by molar-refractivity contribution is -0.142. The van der Waals surface area contributed by atoms with E-state index in [2.05, 4.69) is 70.1 Å². The highest BCUT2D eigenvalue weighted by Gasteiger charge is 2.46.